The molecule has 2 rings (SSSR count). The maximum atomic E-state index is 12.8. The van der Waals surface area contributed by atoms with Gasteiger partial charge in [0.25, 0.3) is 0 Å². The molecule has 7 heteroatoms. The average Bonchev–Trinajstić information content (AvgIpc) is 2.48. The minimum Gasteiger partial charge on any atom is -0.398 e. The first-order chi connectivity index (χ1) is 9.96. The zero-order valence-electron chi connectivity index (χ0n) is 11.8. The number of nitrogens with two attached hydrogens (primary N) is 1. The number of rotatable bonds is 5. The van der Waals surface area contributed by atoms with Crippen LogP contribution in [0.4, 0.5) is 5.69 Å². The summed E-state index contributed by atoms with van der Waals surface area (Å²) in [5, 5.41) is 9.45. The molecule has 0 heterocycles. The van der Waals surface area contributed by atoms with Crippen molar-refractivity contribution in [1.29, 1.82) is 0 Å². The first-order valence-electron chi connectivity index (χ1n) is 7.14. The van der Waals surface area contributed by atoms with Crippen LogP contribution in [0.25, 0.3) is 0 Å². The Morgan fingerprint density at radius 1 is 1.29 bits per heavy atom. The van der Waals surface area contributed by atoms with E-state index in [2.05, 4.69) is 0 Å². The Labute approximate surface area is 130 Å². The molecule has 0 spiro atoms. The van der Waals surface area contributed by atoms with Crippen molar-refractivity contribution < 1.29 is 13.5 Å². The van der Waals surface area contributed by atoms with E-state index in [9.17, 15) is 13.5 Å². The highest BCUT2D eigenvalue weighted by Crippen LogP contribution is 2.29. The zero-order chi connectivity index (χ0) is 15.5. The van der Waals surface area contributed by atoms with Gasteiger partial charge in [0.15, 0.2) is 0 Å². The Morgan fingerprint density at radius 2 is 1.95 bits per heavy atom. The summed E-state index contributed by atoms with van der Waals surface area (Å²) >= 11 is 5.93. The van der Waals surface area contributed by atoms with Gasteiger partial charge in [-0.3, -0.25) is 0 Å². The fourth-order valence-electron chi connectivity index (χ4n) is 2.77. The largest absolute Gasteiger partial charge is 0.398 e. The molecule has 1 aromatic carbocycles. The van der Waals surface area contributed by atoms with Gasteiger partial charge in [-0.2, -0.15) is 4.31 Å². The van der Waals surface area contributed by atoms with Crippen molar-refractivity contribution in [3.05, 3.63) is 23.2 Å². The minimum atomic E-state index is -3.67. The maximum Gasteiger partial charge on any atom is 0.243 e. The number of nitrogens with zero attached hydrogens (tertiary/aromatic N) is 1. The smallest absolute Gasteiger partial charge is 0.243 e. The lowest BCUT2D eigenvalue weighted by molar-refractivity contribution is 0.199. The molecule has 0 aliphatic heterocycles. The molecule has 1 aliphatic carbocycles. The van der Waals surface area contributed by atoms with Crippen molar-refractivity contribution in [2.75, 3.05) is 18.9 Å². The number of anilines is 1. The van der Waals surface area contributed by atoms with Crippen molar-refractivity contribution in [1.82, 2.24) is 4.31 Å². The molecule has 0 bridgehead atoms. The lowest BCUT2D eigenvalue weighted by Gasteiger charge is -2.33. The van der Waals surface area contributed by atoms with Crippen molar-refractivity contribution >= 4 is 27.3 Å². The summed E-state index contributed by atoms with van der Waals surface area (Å²) in [7, 11) is -3.67. The number of benzene rings is 1. The van der Waals surface area contributed by atoms with E-state index in [1.807, 2.05) is 0 Å². The summed E-state index contributed by atoms with van der Waals surface area (Å²) in [6.45, 7) is -0.0899. The second-order valence-corrected chi connectivity index (χ2v) is 7.61. The molecule has 1 aromatic rings. The normalized spacial score (nSPS) is 17.3. The number of aliphatic hydroxyl groups is 1. The molecular weight excluding hydrogens is 312 g/mol. The maximum absolute atomic E-state index is 12.8. The third-order valence-corrected chi connectivity index (χ3v) is 6.16. The lowest BCUT2D eigenvalue weighted by Crippen LogP contribution is -2.43. The molecule has 3 N–H and O–H groups in total. The summed E-state index contributed by atoms with van der Waals surface area (Å²) in [5.41, 5.74) is 5.98. The number of hydrogen-bond acceptors (Lipinski definition) is 4. The predicted molar refractivity (Wildman–Crippen MR) is 83.7 cm³/mol. The number of nitrogen functional groups attached to an aromatic ring is 1. The van der Waals surface area contributed by atoms with Gasteiger partial charge < -0.3 is 10.8 Å². The van der Waals surface area contributed by atoms with Gasteiger partial charge in [-0.05, 0) is 31.0 Å². The highest BCUT2D eigenvalue weighted by molar-refractivity contribution is 7.89. The van der Waals surface area contributed by atoms with E-state index in [1.165, 1.54) is 22.5 Å². The van der Waals surface area contributed by atoms with Crippen molar-refractivity contribution in [3.63, 3.8) is 0 Å². The lowest BCUT2D eigenvalue weighted by atomic mass is 9.95. The number of halogens is 1. The highest BCUT2D eigenvalue weighted by atomic mass is 35.5. The molecule has 21 heavy (non-hydrogen) atoms. The Balaban J connectivity index is 2.34. The number of sulfonamides is 1. The average molecular weight is 333 g/mol. The monoisotopic (exact) mass is 332 g/mol. The van der Waals surface area contributed by atoms with E-state index in [0.717, 1.165) is 32.1 Å². The molecule has 0 radical (unpaired) electrons. The van der Waals surface area contributed by atoms with Crippen LogP contribution in [0.15, 0.2) is 23.1 Å². The second kappa shape index (κ2) is 6.96. The number of hydrogen-bond donors (Lipinski definition) is 2. The first kappa shape index (κ1) is 16.5. The molecule has 1 saturated carbocycles. The van der Waals surface area contributed by atoms with Gasteiger partial charge in [-0.1, -0.05) is 30.9 Å². The molecule has 0 aromatic heterocycles. The van der Waals surface area contributed by atoms with Gasteiger partial charge >= 0.3 is 0 Å². The van der Waals surface area contributed by atoms with Crippen LogP contribution in [0.5, 0.6) is 0 Å². The Morgan fingerprint density at radius 3 is 2.52 bits per heavy atom. The first-order valence-corrected chi connectivity index (χ1v) is 8.96. The fraction of sp³-hybridized carbons (Fsp3) is 0.571. The van der Waals surface area contributed by atoms with Crippen LogP contribution in [0.2, 0.25) is 5.02 Å². The highest BCUT2D eigenvalue weighted by Gasteiger charge is 2.32. The summed E-state index contributed by atoms with van der Waals surface area (Å²) in [6, 6.07) is 4.28. The quantitative estimate of drug-likeness (QED) is 0.810. The third kappa shape index (κ3) is 3.69. The van der Waals surface area contributed by atoms with Crippen LogP contribution in [-0.4, -0.2) is 37.0 Å². The predicted octanol–water partition coefficient (Wildman–Crippen LogP) is 2.24. The van der Waals surface area contributed by atoms with Crippen molar-refractivity contribution in [3.8, 4) is 0 Å². The molecule has 118 valence electrons. The summed E-state index contributed by atoms with van der Waals surface area (Å²) in [6.07, 6.45) is 4.84. The van der Waals surface area contributed by atoms with Gasteiger partial charge in [0.1, 0.15) is 0 Å². The summed E-state index contributed by atoms with van der Waals surface area (Å²) < 4.78 is 27.0. The topological polar surface area (TPSA) is 83.6 Å². The zero-order valence-corrected chi connectivity index (χ0v) is 13.4. The van der Waals surface area contributed by atoms with E-state index in [4.69, 9.17) is 17.3 Å². The van der Waals surface area contributed by atoms with Crippen LogP contribution in [0, 0.1) is 0 Å². The van der Waals surface area contributed by atoms with Crippen LogP contribution >= 0.6 is 11.6 Å². The summed E-state index contributed by atoms with van der Waals surface area (Å²) in [4.78, 5) is 0.126. The Bertz CT molecular complexity index is 586. The van der Waals surface area contributed by atoms with E-state index >= 15 is 0 Å². The van der Waals surface area contributed by atoms with Gasteiger partial charge in [-0.25, -0.2) is 8.42 Å². The van der Waals surface area contributed by atoms with Crippen molar-refractivity contribution in [2.45, 2.75) is 43.0 Å². The van der Waals surface area contributed by atoms with Gasteiger partial charge in [-0.15, -0.1) is 0 Å². The molecule has 0 atom stereocenters. The minimum absolute atomic E-state index is 0.0489. The number of aliphatic hydroxyl groups excluding tert-OH is 1. The van der Waals surface area contributed by atoms with E-state index in [-0.39, 0.29) is 29.1 Å². The molecule has 0 amide bonds. The molecule has 0 unspecified atom stereocenters. The fourth-order valence-corrected chi connectivity index (χ4v) is 4.72. The van der Waals surface area contributed by atoms with E-state index < -0.39 is 10.0 Å². The van der Waals surface area contributed by atoms with Gasteiger partial charge in [0.2, 0.25) is 10.0 Å². The van der Waals surface area contributed by atoms with Gasteiger partial charge in [0.05, 0.1) is 22.2 Å². The standard InChI is InChI=1S/C14H21ClN2O3S/c15-13-10-12(6-7-14(13)16)21(19,20)17(8-9-18)11-4-2-1-3-5-11/h6-7,10-11,18H,1-5,8-9,16H2. The third-order valence-electron chi connectivity index (χ3n) is 3.88. The van der Waals surface area contributed by atoms with E-state index in [1.54, 1.807) is 0 Å². The Kier molecular flexibility index (Phi) is 5.48. The van der Waals surface area contributed by atoms with Crippen LogP contribution in [0.1, 0.15) is 32.1 Å². The van der Waals surface area contributed by atoms with Crippen LogP contribution < -0.4 is 5.73 Å². The van der Waals surface area contributed by atoms with Crippen LogP contribution in [0.3, 0.4) is 0 Å². The molecular formula is C14H21ClN2O3S. The van der Waals surface area contributed by atoms with Crippen molar-refractivity contribution in [2.24, 2.45) is 0 Å². The molecule has 0 saturated heterocycles. The second-order valence-electron chi connectivity index (χ2n) is 5.31. The Hall–Kier alpha value is -0.820. The SMILES string of the molecule is Nc1ccc(S(=O)(=O)N(CCO)C2CCCCC2)cc1Cl. The summed E-state index contributed by atoms with van der Waals surface area (Å²) in [5.74, 6) is 0. The van der Waals surface area contributed by atoms with E-state index in [0.29, 0.717) is 5.69 Å². The van der Waals surface area contributed by atoms with Crippen LogP contribution in [-0.2, 0) is 10.0 Å². The molecule has 5 nitrogen and oxygen atoms in total. The molecule has 1 aliphatic rings. The van der Waals surface area contributed by atoms with Gasteiger partial charge in [0, 0.05) is 12.6 Å². The molecule has 1 fully saturated rings.